The molecule has 140 valence electrons. The van der Waals surface area contributed by atoms with Crippen molar-refractivity contribution in [2.45, 2.75) is 31.8 Å². The number of methoxy groups -OCH3 is 1. The van der Waals surface area contributed by atoms with Crippen LogP contribution in [0, 0.1) is 0 Å². The van der Waals surface area contributed by atoms with E-state index in [1.807, 2.05) is 24.3 Å². The van der Waals surface area contributed by atoms with Crippen LogP contribution in [0.4, 0.5) is 0 Å². The Bertz CT molecular complexity index is 933. The molecule has 2 aromatic carbocycles. The number of nitrogens with one attached hydrogen (secondary N) is 3. The highest BCUT2D eigenvalue weighted by Gasteiger charge is 2.27. The molecule has 5 heteroatoms. The molecule has 5 nitrogen and oxygen atoms in total. The topological polar surface area (TPSA) is 66.2 Å². The van der Waals surface area contributed by atoms with Gasteiger partial charge in [-0.15, -0.1) is 0 Å². The lowest BCUT2D eigenvalue weighted by molar-refractivity contribution is 0.0918. The second-order valence-corrected chi connectivity index (χ2v) is 7.07. The first kappa shape index (κ1) is 17.6. The molecule has 3 aromatic rings. The Hall–Kier alpha value is -2.79. The predicted molar refractivity (Wildman–Crippen MR) is 107 cm³/mol. The molecule has 2 heterocycles. The van der Waals surface area contributed by atoms with Crippen LogP contribution in [0.3, 0.4) is 0 Å². The number of hydrogen-bond acceptors (Lipinski definition) is 3. The zero-order chi connectivity index (χ0) is 18.6. The van der Waals surface area contributed by atoms with Crippen molar-refractivity contribution in [3.8, 4) is 5.75 Å². The van der Waals surface area contributed by atoms with E-state index in [1.54, 1.807) is 7.11 Å². The maximum atomic E-state index is 12.5. The summed E-state index contributed by atoms with van der Waals surface area (Å²) in [5.41, 5.74) is 4.08. The highest BCUT2D eigenvalue weighted by atomic mass is 16.5. The number of hydrogen-bond donors (Lipinski definition) is 3. The van der Waals surface area contributed by atoms with Crippen molar-refractivity contribution in [1.82, 2.24) is 15.6 Å². The van der Waals surface area contributed by atoms with Crippen LogP contribution in [0.25, 0.3) is 10.9 Å². The van der Waals surface area contributed by atoms with Crippen LogP contribution in [0.5, 0.6) is 5.75 Å². The maximum absolute atomic E-state index is 12.5. The van der Waals surface area contributed by atoms with Crippen LogP contribution in [0.15, 0.2) is 48.5 Å². The summed E-state index contributed by atoms with van der Waals surface area (Å²) in [7, 11) is 1.66. The first-order valence-corrected chi connectivity index (χ1v) is 9.48. The van der Waals surface area contributed by atoms with Crippen molar-refractivity contribution in [3.05, 3.63) is 65.4 Å². The molecule has 0 aliphatic carbocycles. The van der Waals surface area contributed by atoms with Crippen LogP contribution in [-0.4, -0.2) is 30.6 Å². The Morgan fingerprint density at radius 3 is 2.85 bits per heavy atom. The first-order chi connectivity index (χ1) is 13.2. The van der Waals surface area contributed by atoms with E-state index in [4.69, 9.17) is 4.74 Å². The van der Waals surface area contributed by atoms with Gasteiger partial charge in [0.25, 0.3) is 5.91 Å². The standard InChI is InChI=1S/C22H25N3O2/c1-27-17-9-10-20-18(13-17)19-12-16(24-22(26)21(19)25-20)8-5-11-23-14-15-6-3-2-4-7-15/h2-4,6-7,9-10,13,16,23,25H,5,8,11-12,14H2,1H3,(H,24,26). The Labute approximate surface area is 159 Å². The minimum Gasteiger partial charge on any atom is -0.497 e. The van der Waals surface area contributed by atoms with Gasteiger partial charge in [0.05, 0.1) is 7.11 Å². The molecule has 1 amide bonds. The lowest BCUT2D eigenvalue weighted by Gasteiger charge is -2.24. The fourth-order valence-electron chi connectivity index (χ4n) is 3.79. The van der Waals surface area contributed by atoms with Crippen molar-refractivity contribution < 1.29 is 9.53 Å². The maximum Gasteiger partial charge on any atom is 0.268 e. The van der Waals surface area contributed by atoms with Crippen LogP contribution in [0.1, 0.15) is 34.5 Å². The number of benzene rings is 2. The van der Waals surface area contributed by atoms with Crippen molar-refractivity contribution in [1.29, 1.82) is 0 Å². The largest absolute Gasteiger partial charge is 0.497 e. The number of fused-ring (bicyclic) bond motifs is 3. The third kappa shape index (κ3) is 3.83. The second-order valence-electron chi connectivity index (χ2n) is 7.07. The van der Waals surface area contributed by atoms with E-state index in [0.717, 1.165) is 54.6 Å². The van der Waals surface area contributed by atoms with E-state index in [-0.39, 0.29) is 11.9 Å². The third-order valence-electron chi connectivity index (χ3n) is 5.20. The number of aromatic amines is 1. The van der Waals surface area contributed by atoms with E-state index in [1.165, 1.54) is 5.56 Å². The lowest BCUT2D eigenvalue weighted by Crippen LogP contribution is -2.41. The number of rotatable bonds is 7. The number of H-pyrrole nitrogens is 1. The monoisotopic (exact) mass is 363 g/mol. The Kier molecular flexibility index (Phi) is 5.12. The minimum absolute atomic E-state index is 0.00587. The lowest BCUT2D eigenvalue weighted by atomic mass is 9.95. The first-order valence-electron chi connectivity index (χ1n) is 9.48. The van der Waals surface area contributed by atoms with Crippen LogP contribution in [-0.2, 0) is 13.0 Å². The molecule has 0 radical (unpaired) electrons. The Morgan fingerprint density at radius 1 is 1.19 bits per heavy atom. The summed E-state index contributed by atoms with van der Waals surface area (Å²) in [4.78, 5) is 15.8. The van der Waals surface area contributed by atoms with E-state index in [2.05, 4.69) is 39.9 Å². The fraction of sp³-hybridized carbons (Fsp3) is 0.318. The van der Waals surface area contributed by atoms with Crippen LogP contribution in [0.2, 0.25) is 0 Å². The molecule has 0 saturated carbocycles. The highest BCUT2D eigenvalue weighted by Crippen LogP contribution is 2.30. The van der Waals surface area contributed by atoms with Gasteiger partial charge in [-0.1, -0.05) is 30.3 Å². The minimum atomic E-state index is -0.00587. The quantitative estimate of drug-likeness (QED) is 0.564. The second kappa shape index (κ2) is 7.84. The van der Waals surface area contributed by atoms with Gasteiger partial charge in [0.15, 0.2) is 0 Å². The normalized spacial score (nSPS) is 16.2. The molecule has 1 unspecified atom stereocenters. The van der Waals surface area contributed by atoms with Crippen molar-refractivity contribution >= 4 is 16.8 Å². The molecule has 0 fully saturated rings. The summed E-state index contributed by atoms with van der Waals surface area (Å²) in [5.74, 6) is 0.811. The zero-order valence-corrected chi connectivity index (χ0v) is 15.5. The summed E-state index contributed by atoms with van der Waals surface area (Å²) in [5, 5.41) is 7.71. The average Bonchev–Trinajstić information content (AvgIpc) is 3.07. The van der Waals surface area contributed by atoms with Gasteiger partial charge < -0.3 is 20.4 Å². The number of aromatic nitrogens is 1. The molecule has 0 spiro atoms. The smallest absolute Gasteiger partial charge is 0.268 e. The molecular formula is C22H25N3O2. The molecule has 27 heavy (non-hydrogen) atoms. The summed E-state index contributed by atoms with van der Waals surface area (Å²) >= 11 is 0. The van der Waals surface area contributed by atoms with E-state index < -0.39 is 0 Å². The number of carbonyl (C=O) groups excluding carboxylic acids is 1. The zero-order valence-electron chi connectivity index (χ0n) is 15.5. The molecule has 0 saturated heterocycles. The molecule has 3 N–H and O–H groups in total. The van der Waals surface area contributed by atoms with E-state index in [0.29, 0.717) is 5.69 Å². The van der Waals surface area contributed by atoms with Gasteiger partial charge in [-0.25, -0.2) is 0 Å². The van der Waals surface area contributed by atoms with Gasteiger partial charge in [-0.3, -0.25) is 4.79 Å². The summed E-state index contributed by atoms with van der Waals surface area (Å²) in [6.45, 7) is 1.82. The SMILES string of the molecule is COc1ccc2[nH]c3c(c2c1)CC(CCCNCc1ccccc1)NC3=O. The summed E-state index contributed by atoms with van der Waals surface area (Å²) < 4.78 is 5.34. The Morgan fingerprint density at radius 2 is 2.04 bits per heavy atom. The summed E-state index contributed by atoms with van der Waals surface area (Å²) in [6, 6.07) is 16.5. The number of ether oxygens (including phenoxy) is 1. The third-order valence-corrected chi connectivity index (χ3v) is 5.20. The molecular weight excluding hydrogens is 338 g/mol. The summed E-state index contributed by atoms with van der Waals surface area (Å²) in [6.07, 6.45) is 2.84. The van der Waals surface area contributed by atoms with E-state index >= 15 is 0 Å². The predicted octanol–water partition coefficient (Wildman–Crippen LogP) is 3.40. The van der Waals surface area contributed by atoms with Gasteiger partial charge in [-0.05, 0) is 55.1 Å². The highest BCUT2D eigenvalue weighted by molar-refractivity contribution is 6.02. The van der Waals surface area contributed by atoms with Crippen molar-refractivity contribution in [2.75, 3.05) is 13.7 Å². The van der Waals surface area contributed by atoms with Gasteiger partial charge in [0, 0.05) is 23.5 Å². The van der Waals surface area contributed by atoms with Crippen molar-refractivity contribution in [2.24, 2.45) is 0 Å². The molecule has 4 rings (SSSR count). The number of carbonyl (C=O) groups is 1. The van der Waals surface area contributed by atoms with Gasteiger partial charge in [0.1, 0.15) is 11.4 Å². The molecule has 0 bridgehead atoms. The van der Waals surface area contributed by atoms with Gasteiger partial charge in [0.2, 0.25) is 0 Å². The molecule has 1 aliphatic heterocycles. The van der Waals surface area contributed by atoms with Crippen LogP contribution >= 0.6 is 0 Å². The Balaban J connectivity index is 1.36. The van der Waals surface area contributed by atoms with Crippen molar-refractivity contribution in [3.63, 3.8) is 0 Å². The molecule has 1 atom stereocenters. The fourth-order valence-corrected chi connectivity index (χ4v) is 3.79. The van der Waals surface area contributed by atoms with Crippen LogP contribution < -0.4 is 15.4 Å². The average molecular weight is 363 g/mol. The van der Waals surface area contributed by atoms with E-state index in [9.17, 15) is 4.79 Å². The van der Waals surface area contributed by atoms with Gasteiger partial charge in [-0.2, -0.15) is 0 Å². The molecule has 1 aromatic heterocycles. The molecule has 1 aliphatic rings. The number of amides is 1. The van der Waals surface area contributed by atoms with Gasteiger partial charge >= 0.3 is 0 Å².